The summed E-state index contributed by atoms with van der Waals surface area (Å²) < 4.78 is 0. The quantitative estimate of drug-likeness (QED) is 0.177. The van der Waals surface area contributed by atoms with Crippen molar-refractivity contribution in [2.45, 2.75) is 44.6 Å². The van der Waals surface area contributed by atoms with Crippen LogP contribution < -0.4 is 17.1 Å². The minimum Gasteiger partial charge on any atom is -0.385 e. The van der Waals surface area contributed by atoms with Crippen LogP contribution in [0.5, 0.6) is 0 Å². The van der Waals surface area contributed by atoms with Gasteiger partial charge in [-0.1, -0.05) is 49.6 Å². The van der Waals surface area contributed by atoms with Crippen molar-refractivity contribution >= 4 is 5.84 Å². The Balaban J connectivity index is 2.04. The molecule has 0 radical (unpaired) electrons. The second-order valence-corrected chi connectivity index (χ2v) is 4.62. The summed E-state index contributed by atoms with van der Waals surface area (Å²) in [6.07, 6.45) is 5.41. The van der Waals surface area contributed by atoms with Gasteiger partial charge in [0.15, 0.2) is 0 Å². The first kappa shape index (κ1) is 15.5. The predicted octanol–water partition coefficient (Wildman–Crippen LogP) is 1.28. The van der Waals surface area contributed by atoms with Crippen LogP contribution in [0.3, 0.4) is 0 Å². The number of hydrazine groups is 1. The molecule has 1 rings (SSSR count). The van der Waals surface area contributed by atoms with Crippen LogP contribution in [-0.4, -0.2) is 17.0 Å². The minimum atomic E-state index is -0.704. The highest BCUT2D eigenvalue weighted by molar-refractivity contribution is 5.84. The average Bonchev–Trinajstić information content (AvgIpc) is 2.43. The van der Waals surface area contributed by atoms with Crippen molar-refractivity contribution in [2.24, 2.45) is 16.7 Å². The minimum absolute atomic E-state index is 0.145. The average molecular weight is 264 g/mol. The number of unbranched alkanes of at least 4 members (excludes halogenated alkanes) is 3. The van der Waals surface area contributed by atoms with Crippen LogP contribution in [0.15, 0.2) is 35.4 Å². The van der Waals surface area contributed by atoms with Gasteiger partial charge in [0, 0.05) is 0 Å². The second-order valence-electron chi connectivity index (χ2n) is 4.62. The number of nitrogens with two attached hydrogens (primary N) is 2. The molecular weight excluding hydrogens is 240 g/mol. The van der Waals surface area contributed by atoms with E-state index < -0.39 is 6.10 Å². The molecule has 0 aliphatic rings. The van der Waals surface area contributed by atoms with Crippen LogP contribution in [0.25, 0.3) is 0 Å². The summed E-state index contributed by atoms with van der Waals surface area (Å²) >= 11 is 0. The monoisotopic (exact) mass is 264 g/mol. The smallest absolute Gasteiger partial charge is 0.150 e. The molecule has 1 atom stereocenters. The van der Waals surface area contributed by atoms with Gasteiger partial charge in [-0.05, 0) is 24.8 Å². The van der Waals surface area contributed by atoms with Gasteiger partial charge in [-0.2, -0.15) is 0 Å². The van der Waals surface area contributed by atoms with E-state index in [1.54, 1.807) is 0 Å². The Morgan fingerprint density at radius 2 is 1.84 bits per heavy atom. The Morgan fingerprint density at radius 3 is 2.53 bits per heavy atom. The number of rotatable bonds is 9. The first-order valence-corrected chi connectivity index (χ1v) is 6.74. The molecule has 106 valence electrons. The number of aliphatic hydroxyl groups is 1. The molecule has 0 spiro atoms. The number of amidine groups is 1. The molecule has 0 saturated carbocycles. The fourth-order valence-electron chi connectivity index (χ4n) is 1.96. The normalized spacial score (nSPS) is 13.3. The van der Waals surface area contributed by atoms with E-state index in [-0.39, 0.29) is 5.84 Å². The molecule has 0 aromatic heterocycles. The number of aryl methyl sites for hydroxylation is 1. The number of hydrazone groups is 1. The first-order valence-electron chi connectivity index (χ1n) is 6.74. The van der Waals surface area contributed by atoms with E-state index >= 15 is 0 Å². The van der Waals surface area contributed by atoms with E-state index in [4.69, 9.17) is 11.6 Å². The Morgan fingerprint density at radius 1 is 1.16 bits per heavy atom. The SMILES string of the molecule is NN/N=C(\N)C(O)CCCCCCc1ccccc1. The van der Waals surface area contributed by atoms with Crippen molar-refractivity contribution in [1.82, 2.24) is 5.53 Å². The maximum atomic E-state index is 9.63. The molecule has 5 nitrogen and oxygen atoms in total. The van der Waals surface area contributed by atoms with Crippen molar-refractivity contribution in [2.75, 3.05) is 0 Å². The number of nitrogens with zero attached hydrogens (tertiary/aromatic N) is 1. The van der Waals surface area contributed by atoms with Gasteiger partial charge in [-0.25, -0.2) is 11.4 Å². The second kappa shape index (κ2) is 9.35. The van der Waals surface area contributed by atoms with E-state index in [2.05, 4.69) is 34.9 Å². The van der Waals surface area contributed by atoms with Gasteiger partial charge in [-0.3, -0.25) is 0 Å². The fourth-order valence-corrected chi connectivity index (χ4v) is 1.96. The van der Waals surface area contributed by atoms with Crippen LogP contribution in [0.4, 0.5) is 0 Å². The summed E-state index contributed by atoms with van der Waals surface area (Å²) in [5.41, 5.74) is 8.96. The summed E-state index contributed by atoms with van der Waals surface area (Å²) in [7, 11) is 0. The molecule has 0 fully saturated rings. The van der Waals surface area contributed by atoms with Crippen LogP contribution in [0.2, 0.25) is 0 Å². The highest BCUT2D eigenvalue weighted by Crippen LogP contribution is 2.10. The third kappa shape index (κ3) is 6.79. The summed E-state index contributed by atoms with van der Waals surface area (Å²) in [5, 5.41) is 13.2. The zero-order valence-electron chi connectivity index (χ0n) is 11.3. The molecule has 0 bridgehead atoms. The number of nitrogens with one attached hydrogen (secondary N) is 1. The third-order valence-electron chi connectivity index (χ3n) is 3.07. The Bertz CT molecular complexity index is 367. The summed E-state index contributed by atoms with van der Waals surface area (Å²) in [6.45, 7) is 0. The van der Waals surface area contributed by atoms with Crippen molar-refractivity contribution in [3.8, 4) is 0 Å². The lowest BCUT2D eigenvalue weighted by molar-refractivity contribution is 0.223. The zero-order chi connectivity index (χ0) is 13.9. The molecule has 0 amide bonds. The lowest BCUT2D eigenvalue weighted by Crippen LogP contribution is -2.32. The molecule has 19 heavy (non-hydrogen) atoms. The highest BCUT2D eigenvalue weighted by atomic mass is 16.3. The van der Waals surface area contributed by atoms with Gasteiger partial charge in [0.1, 0.15) is 11.9 Å². The van der Waals surface area contributed by atoms with Gasteiger partial charge in [0.2, 0.25) is 0 Å². The molecule has 5 heteroatoms. The van der Waals surface area contributed by atoms with Gasteiger partial charge >= 0.3 is 0 Å². The van der Waals surface area contributed by atoms with E-state index in [0.29, 0.717) is 6.42 Å². The van der Waals surface area contributed by atoms with Crippen LogP contribution >= 0.6 is 0 Å². The van der Waals surface area contributed by atoms with E-state index in [0.717, 1.165) is 25.7 Å². The maximum Gasteiger partial charge on any atom is 0.150 e. The predicted molar refractivity (Wildman–Crippen MR) is 78.2 cm³/mol. The lowest BCUT2D eigenvalue weighted by atomic mass is 10.0. The molecule has 1 aromatic rings. The topological polar surface area (TPSA) is 96.7 Å². The van der Waals surface area contributed by atoms with E-state index in [1.165, 1.54) is 12.0 Å². The summed E-state index contributed by atoms with van der Waals surface area (Å²) in [6, 6.07) is 10.5. The molecule has 1 aromatic carbocycles. The van der Waals surface area contributed by atoms with Gasteiger partial charge in [0.05, 0.1) is 0 Å². The van der Waals surface area contributed by atoms with Crippen LogP contribution in [0, 0.1) is 0 Å². The number of hydrogen-bond acceptors (Lipinski definition) is 4. The molecule has 0 saturated heterocycles. The zero-order valence-corrected chi connectivity index (χ0v) is 11.3. The van der Waals surface area contributed by atoms with Crippen molar-refractivity contribution in [1.29, 1.82) is 0 Å². The Kier molecular flexibility index (Phi) is 7.62. The summed E-state index contributed by atoms with van der Waals surface area (Å²) in [4.78, 5) is 0. The number of benzene rings is 1. The van der Waals surface area contributed by atoms with Gasteiger partial charge in [0.25, 0.3) is 0 Å². The van der Waals surface area contributed by atoms with Gasteiger partial charge in [-0.15, -0.1) is 5.10 Å². The molecule has 0 heterocycles. The van der Waals surface area contributed by atoms with E-state index in [1.807, 2.05) is 6.07 Å². The van der Waals surface area contributed by atoms with Crippen LogP contribution in [-0.2, 0) is 6.42 Å². The van der Waals surface area contributed by atoms with Crippen molar-refractivity contribution < 1.29 is 5.11 Å². The van der Waals surface area contributed by atoms with Crippen LogP contribution in [0.1, 0.15) is 37.7 Å². The number of aliphatic hydroxyl groups excluding tert-OH is 1. The maximum absolute atomic E-state index is 9.63. The Labute approximate surface area is 114 Å². The largest absolute Gasteiger partial charge is 0.385 e. The Hall–Kier alpha value is -1.59. The number of hydrogen-bond donors (Lipinski definition) is 4. The van der Waals surface area contributed by atoms with Crippen molar-refractivity contribution in [3.63, 3.8) is 0 Å². The third-order valence-corrected chi connectivity index (χ3v) is 3.07. The molecular formula is C14H24N4O. The van der Waals surface area contributed by atoms with Gasteiger partial charge < -0.3 is 10.8 Å². The first-order chi connectivity index (χ1) is 9.24. The lowest BCUT2D eigenvalue weighted by Gasteiger charge is -2.09. The van der Waals surface area contributed by atoms with E-state index in [9.17, 15) is 5.11 Å². The molecule has 6 N–H and O–H groups in total. The molecule has 0 aliphatic heterocycles. The molecule has 1 unspecified atom stereocenters. The standard InChI is InChI=1S/C14H24N4O/c15-14(17-18-16)13(19)11-7-2-1-4-8-12-9-5-3-6-10-12/h3,5-6,9-10,13,18-19H,1-2,4,7-8,11,16H2,(H2,15,17). The van der Waals surface area contributed by atoms with Crippen molar-refractivity contribution in [3.05, 3.63) is 35.9 Å². The fraction of sp³-hybridized carbons (Fsp3) is 0.500. The highest BCUT2D eigenvalue weighted by Gasteiger charge is 2.08. The molecule has 0 aliphatic carbocycles. The summed E-state index contributed by atoms with van der Waals surface area (Å²) in [5.74, 6) is 5.13.